The van der Waals surface area contributed by atoms with Gasteiger partial charge in [0.1, 0.15) is 0 Å². The molecule has 0 aromatic carbocycles. The summed E-state index contributed by atoms with van der Waals surface area (Å²) >= 11 is 1.42. The molecular formula is C9H12N2O3S2. The molecule has 2 heterocycles. The van der Waals surface area contributed by atoms with E-state index in [1.54, 1.807) is 0 Å². The zero-order chi connectivity index (χ0) is 11.9. The third kappa shape index (κ3) is 1.99. The van der Waals surface area contributed by atoms with E-state index >= 15 is 0 Å². The van der Waals surface area contributed by atoms with Crippen LogP contribution in [0.3, 0.4) is 0 Å². The average Bonchev–Trinajstić information content (AvgIpc) is 2.71. The Hall–Kier alpha value is -0.890. The summed E-state index contributed by atoms with van der Waals surface area (Å²) in [6.07, 6.45) is 0. The molecule has 2 aromatic rings. The van der Waals surface area contributed by atoms with Gasteiger partial charge in [0.15, 0.2) is 4.90 Å². The van der Waals surface area contributed by atoms with Gasteiger partial charge in [-0.05, 0) is 20.0 Å². The molecule has 0 aliphatic carbocycles. The minimum absolute atomic E-state index is 0.183. The molecule has 16 heavy (non-hydrogen) atoms. The van der Waals surface area contributed by atoms with Gasteiger partial charge in [-0.1, -0.05) is 0 Å². The second kappa shape index (κ2) is 3.85. The highest BCUT2D eigenvalue weighted by atomic mass is 32.2. The number of nitrogens with one attached hydrogen (secondary N) is 1. The molecule has 1 atom stereocenters. The molecule has 0 saturated heterocycles. The molecule has 0 amide bonds. The zero-order valence-corrected chi connectivity index (χ0v) is 10.5. The number of furan rings is 1. The highest BCUT2D eigenvalue weighted by Gasteiger charge is 2.17. The minimum Gasteiger partial charge on any atom is -0.433 e. The van der Waals surface area contributed by atoms with Gasteiger partial charge in [-0.2, -0.15) is 0 Å². The van der Waals surface area contributed by atoms with Crippen LogP contribution in [0.4, 0.5) is 0 Å². The van der Waals surface area contributed by atoms with Gasteiger partial charge >= 0.3 is 0 Å². The summed E-state index contributed by atoms with van der Waals surface area (Å²) in [6, 6.07) is 3.57. The predicted molar refractivity (Wildman–Crippen MR) is 62.9 cm³/mol. The van der Waals surface area contributed by atoms with Crippen molar-refractivity contribution in [2.45, 2.75) is 18.1 Å². The van der Waals surface area contributed by atoms with E-state index in [1.165, 1.54) is 17.4 Å². The van der Waals surface area contributed by atoms with Crippen molar-refractivity contribution in [1.82, 2.24) is 5.32 Å². The van der Waals surface area contributed by atoms with Crippen LogP contribution in [0.15, 0.2) is 21.6 Å². The lowest BCUT2D eigenvalue weighted by atomic mass is 10.2. The number of primary sulfonamides is 1. The highest BCUT2D eigenvalue weighted by molar-refractivity contribution is 7.89. The molecule has 5 nitrogen and oxygen atoms in total. The summed E-state index contributed by atoms with van der Waals surface area (Å²) in [4.78, 5) is 1.68. The van der Waals surface area contributed by atoms with E-state index in [0.29, 0.717) is 4.90 Å². The van der Waals surface area contributed by atoms with Crippen molar-refractivity contribution in [3.05, 3.63) is 17.0 Å². The van der Waals surface area contributed by atoms with Gasteiger partial charge in [0.05, 0.1) is 0 Å². The van der Waals surface area contributed by atoms with E-state index in [0.717, 1.165) is 10.3 Å². The molecule has 0 aliphatic heterocycles. The maximum atomic E-state index is 11.1. The Morgan fingerprint density at radius 1 is 1.50 bits per heavy atom. The Bertz CT molecular complexity index is 580. The van der Waals surface area contributed by atoms with E-state index in [4.69, 9.17) is 9.56 Å². The number of thiophene rings is 1. The standard InChI is InChI=1S/C9H12N2O3S2/c1-5(11-2)7-3-6-4-8(16(10,12)13)14-9(6)15-7/h3-5,11H,1-2H3,(H2,10,12,13). The zero-order valence-electron chi connectivity index (χ0n) is 8.85. The van der Waals surface area contributed by atoms with E-state index in [9.17, 15) is 8.42 Å². The third-order valence-electron chi connectivity index (χ3n) is 2.35. The molecular weight excluding hydrogens is 248 g/mol. The van der Waals surface area contributed by atoms with Gasteiger partial charge in [-0.25, -0.2) is 13.6 Å². The van der Waals surface area contributed by atoms with Crippen LogP contribution in [0.1, 0.15) is 17.8 Å². The molecule has 2 rings (SSSR count). The van der Waals surface area contributed by atoms with Crippen molar-refractivity contribution in [3.8, 4) is 0 Å². The van der Waals surface area contributed by atoms with Crippen molar-refractivity contribution in [3.63, 3.8) is 0 Å². The molecule has 7 heteroatoms. The summed E-state index contributed by atoms with van der Waals surface area (Å²) in [7, 11) is -1.89. The second-order valence-corrected chi connectivity index (χ2v) is 6.05. The summed E-state index contributed by atoms with van der Waals surface area (Å²) < 4.78 is 27.3. The molecule has 0 radical (unpaired) electrons. The Morgan fingerprint density at radius 2 is 2.19 bits per heavy atom. The molecule has 0 fully saturated rings. The van der Waals surface area contributed by atoms with Crippen molar-refractivity contribution >= 4 is 31.6 Å². The molecule has 0 spiro atoms. The minimum atomic E-state index is -3.75. The normalized spacial score (nSPS) is 14.4. The molecule has 1 unspecified atom stereocenters. The summed E-state index contributed by atoms with van der Waals surface area (Å²) in [6.45, 7) is 2.02. The van der Waals surface area contributed by atoms with Gasteiger partial charge < -0.3 is 9.73 Å². The molecule has 0 bridgehead atoms. The number of nitrogens with two attached hydrogens (primary N) is 1. The summed E-state index contributed by atoms with van der Waals surface area (Å²) in [5.74, 6) is 0. The fourth-order valence-corrected chi connectivity index (χ4v) is 2.94. The first kappa shape index (κ1) is 11.6. The van der Waals surface area contributed by atoms with Crippen LogP contribution in [-0.2, 0) is 10.0 Å². The van der Waals surface area contributed by atoms with E-state index in [2.05, 4.69) is 5.32 Å². The maximum absolute atomic E-state index is 11.1. The van der Waals surface area contributed by atoms with E-state index < -0.39 is 10.0 Å². The Morgan fingerprint density at radius 3 is 2.69 bits per heavy atom. The van der Waals surface area contributed by atoms with Gasteiger partial charge in [0.25, 0.3) is 10.0 Å². The van der Waals surface area contributed by atoms with Gasteiger partial charge in [-0.3, -0.25) is 0 Å². The second-order valence-electron chi connectivity index (χ2n) is 3.51. The van der Waals surface area contributed by atoms with Crippen LogP contribution in [0.2, 0.25) is 0 Å². The number of hydrogen-bond acceptors (Lipinski definition) is 5. The van der Waals surface area contributed by atoms with Crippen LogP contribution in [0, 0.1) is 0 Å². The fourth-order valence-electron chi connectivity index (χ4n) is 1.33. The fraction of sp³-hybridized carbons (Fsp3) is 0.333. The number of fused-ring (bicyclic) bond motifs is 1. The summed E-state index contributed by atoms with van der Waals surface area (Å²) in [5.41, 5.74) is 0. The largest absolute Gasteiger partial charge is 0.433 e. The number of hydrogen-bond donors (Lipinski definition) is 2. The molecule has 0 aliphatic rings. The quantitative estimate of drug-likeness (QED) is 0.874. The molecule has 0 saturated carbocycles. The van der Waals surface area contributed by atoms with Crippen LogP contribution >= 0.6 is 11.3 Å². The topological polar surface area (TPSA) is 85.3 Å². The summed E-state index contributed by atoms with van der Waals surface area (Å²) in [5, 5.41) is 8.66. The predicted octanol–water partition coefficient (Wildman–Crippen LogP) is 1.42. The monoisotopic (exact) mass is 260 g/mol. The van der Waals surface area contributed by atoms with Crippen LogP contribution in [0.25, 0.3) is 10.3 Å². The maximum Gasteiger partial charge on any atom is 0.271 e. The van der Waals surface area contributed by atoms with Crippen molar-refractivity contribution in [2.75, 3.05) is 7.05 Å². The smallest absolute Gasteiger partial charge is 0.271 e. The first-order chi connectivity index (χ1) is 7.41. The van der Waals surface area contributed by atoms with E-state index in [1.807, 2.05) is 20.0 Å². The van der Waals surface area contributed by atoms with Gasteiger partial charge in [0, 0.05) is 22.4 Å². The molecule has 88 valence electrons. The SMILES string of the molecule is CNC(C)c1cc2cc(S(N)(=O)=O)oc2s1. The average molecular weight is 260 g/mol. The lowest BCUT2D eigenvalue weighted by molar-refractivity contribution is 0.486. The van der Waals surface area contributed by atoms with Crippen LogP contribution in [0.5, 0.6) is 0 Å². The Balaban J connectivity index is 2.49. The van der Waals surface area contributed by atoms with Gasteiger partial charge in [0.2, 0.25) is 5.09 Å². The number of sulfonamides is 1. The Labute approximate surface area is 97.3 Å². The lowest BCUT2D eigenvalue weighted by Crippen LogP contribution is -2.11. The number of rotatable bonds is 3. The molecule has 2 aromatic heterocycles. The van der Waals surface area contributed by atoms with Crippen molar-refractivity contribution < 1.29 is 12.8 Å². The first-order valence-corrected chi connectivity index (χ1v) is 7.01. The van der Waals surface area contributed by atoms with Crippen molar-refractivity contribution in [2.24, 2.45) is 5.14 Å². The van der Waals surface area contributed by atoms with E-state index in [-0.39, 0.29) is 11.1 Å². The Kier molecular flexibility index (Phi) is 2.79. The highest BCUT2D eigenvalue weighted by Crippen LogP contribution is 2.33. The molecule has 3 N–H and O–H groups in total. The van der Waals surface area contributed by atoms with Crippen LogP contribution < -0.4 is 10.5 Å². The van der Waals surface area contributed by atoms with Gasteiger partial charge in [-0.15, -0.1) is 11.3 Å². The van der Waals surface area contributed by atoms with Crippen LogP contribution in [-0.4, -0.2) is 15.5 Å². The van der Waals surface area contributed by atoms with Crippen molar-refractivity contribution in [1.29, 1.82) is 0 Å². The lowest BCUT2D eigenvalue weighted by Gasteiger charge is -2.05. The third-order valence-corrected chi connectivity index (χ3v) is 4.32. The first-order valence-electron chi connectivity index (χ1n) is 4.65.